The third-order valence-corrected chi connectivity index (χ3v) is 0.135. The summed E-state index contributed by atoms with van der Waals surface area (Å²) in [7, 11) is 0. The Morgan fingerprint density at radius 2 is 1.40 bits per heavy atom. The molecule has 0 heterocycles. The van der Waals surface area contributed by atoms with E-state index >= 15 is 0 Å². The van der Waals surface area contributed by atoms with Crippen molar-refractivity contribution >= 4 is 5.97 Å². The van der Waals surface area contributed by atoms with Gasteiger partial charge in [0, 0.05) is 0 Å². The molecule has 0 radical (unpaired) electrons. The molecule has 0 atom stereocenters. The van der Waals surface area contributed by atoms with Gasteiger partial charge < -0.3 is 10.2 Å². The summed E-state index contributed by atoms with van der Waals surface area (Å²) in [4.78, 5) is 9.12. The number of aliphatic carboxylic acids is 1. The molecule has 0 spiro atoms. The number of hydrogen-bond donors (Lipinski definition) is 4. The van der Waals surface area contributed by atoms with Crippen molar-refractivity contribution in [2.45, 2.75) is 0 Å². The number of carboxylic acid groups (broad SMARTS) is 1. The normalized spacial score (nSPS) is 9.50. The van der Waals surface area contributed by atoms with Gasteiger partial charge in [0.05, 0.1) is 0 Å². The number of hydrogen-bond acceptors (Lipinski definition) is 4. The SMILES string of the molecule is O=C(O)CO.[O]=[Cr](=[O])([OH])[OH]. The van der Waals surface area contributed by atoms with Crippen LogP contribution < -0.4 is 0 Å². The third kappa shape index (κ3) is 143. The Morgan fingerprint density at radius 3 is 1.40 bits per heavy atom. The van der Waals surface area contributed by atoms with Gasteiger partial charge >= 0.3 is 35.5 Å². The Balaban J connectivity index is 0. The Hall–Kier alpha value is -0.518. The molecule has 0 aliphatic heterocycles. The number of aliphatic hydroxyl groups is 1. The van der Waals surface area contributed by atoms with Crippen LogP contribution in [-0.2, 0) is 26.0 Å². The summed E-state index contributed by atoms with van der Waals surface area (Å²) < 4.78 is 31.9. The van der Waals surface area contributed by atoms with Crippen LogP contribution >= 0.6 is 0 Å². The summed E-state index contributed by atoms with van der Waals surface area (Å²) in [5.41, 5.74) is 0. The summed E-state index contributed by atoms with van der Waals surface area (Å²) in [5, 5.41) is 15.0. The van der Waals surface area contributed by atoms with E-state index < -0.39 is 26.2 Å². The first-order chi connectivity index (χ1) is 4.27. The summed E-state index contributed by atoms with van der Waals surface area (Å²) in [6.07, 6.45) is 0. The second-order valence-electron chi connectivity index (χ2n) is 1.000. The van der Waals surface area contributed by atoms with Crippen molar-refractivity contribution in [3.05, 3.63) is 0 Å². The Bertz CT molecular complexity index is 170. The third-order valence-electron chi connectivity index (χ3n) is 0.135. The van der Waals surface area contributed by atoms with Gasteiger partial charge in [-0.2, -0.15) is 0 Å². The summed E-state index contributed by atoms with van der Waals surface area (Å²) in [5.74, 6) is -1.19. The zero-order chi connectivity index (χ0) is 8.78. The molecule has 0 rings (SSSR count). The zero-order valence-corrected chi connectivity index (χ0v) is 5.90. The molecule has 0 saturated heterocycles. The number of aliphatic hydroxyl groups excluding tert-OH is 1. The van der Waals surface area contributed by atoms with E-state index in [1.807, 2.05) is 0 Å². The molecule has 0 saturated carbocycles. The number of carbonyl (C=O) groups is 1. The van der Waals surface area contributed by atoms with Crippen LogP contribution in [0.4, 0.5) is 0 Å². The maximum absolute atomic E-state index is 9.12. The van der Waals surface area contributed by atoms with Crippen LogP contribution in [0, 0.1) is 0 Å². The van der Waals surface area contributed by atoms with Crippen molar-refractivity contribution in [2.75, 3.05) is 6.61 Å². The first-order valence-electron chi connectivity index (χ1n) is 1.80. The molecule has 10 heavy (non-hydrogen) atoms. The molecule has 62 valence electrons. The molecule has 0 bridgehead atoms. The fraction of sp³-hybridized carbons (Fsp3) is 0.500. The van der Waals surface area contributed by atoms with Gasteiger partial charge in [-0.1, -0.05) is 0 Å². The van der Waals surface area contributed by atoms with Gasteiger partial charge in [0.25, 0.3) is 0 Å². The van der Waals surface area contributed by atoms with Gasteiger partial charge in [-0.05, 0) is 0 Å². The van der Waals surface area contributed by atoms with Crippen LogP contribution in [0.3, 0.4) is 0 Å². The van der Waals surface area contributed by atoms with Gasteiger partial charge in [0.2, 0.25) is 0 Å². The summed E-state index contributed by atoms with van der Waals surface area (Å²) >= 11 is -5.25. The Labute approximate surface area is 57.9 Å². The fourth-order valence-electron chi connectivity index (χ4n) is 0. The average molecular weight is 194 g/mol. The molecule has 0 unspecified atom stereocenters. The predicted molar refractivity (Wildman–Crippen MR) is 20.5 cm³/mol. The van der Waals surface area contributed by atoms with Gasteiger partial charge in [-0.15, -0.1) is 0 Å². The van der Waals surface area contributed by atoms with Gasteiger partial charge in [-0.3, -0.25) is 0 Å². The minimum absolute atomic E-state index is 0.778. The first-order valence-corrected chi connectivity index (χ1v) is 3.98. The molecule has 4 N–H and O–H groups in total. The van der Waals surface area contributed by atoms with Crippen LogP contribution in [0.15, 0.2) is 0 Å². The van der Waals surface area contributed by atoms with E-state index in [-0.39, 0.29) is 0 Å². The van der Waals surface area contributed by atoms with E-state index in [1.54, 1.807) is 0 Å². The summed E-state index contributed by atoms with van der Waals surface area (Å²) in [6, 6.07) is 0. The topological polar surface area (TPSA) is 132 Å². The Morgan fingerprint density at radius 1 is 1.30 bits per heavy atom. The quantitative estimate of drug-likeness (QED) is 0.369. The van der Waals surface area contributed by atoms with Crippen molar-refractivity contribution in [1.82, 2.24) is 0 Å². The van der Waals surface area contributed by atoms with E-state index in [9.17, 15) is 0 Å². The van der Waals surface area contributed by atoms with Crippen LogP contribution in [-0.4, -0.2) is 31.1 Å². The fourth-order valence-corrected chi connectivity index (χ4v) is 0. The number of rotatable bonds is 1. The monoisotopic (exact) mass is 194 g/mol. The molecule has 0 aliphatic rings. The second-order valence-corrected chi connectivity index (χ2v) is 2.40. The van der Waals surface area contributed by atoms with Crippen molar-refractivity contribution in [2.24, 2.45) is 0 Å². The van der Waals surface area contributed by atoms with Crippen molar-refractivity contribution < 1.29 is 44.5 Å². The molecular formula is C2H6CrO7. The molecule has 8 heteroatoms. The molecular weight excluding hydrogens is 188 g/mol. The molecule has 0 aliphatic carbocycles. The Kier molecular flexibility index (Phi) is 6.44. The van der Waals surface area contributed by atoms with Gasteiger partial charge in [-0.25, -0.2) is 4.79 Å². The van der Waals surface area contributed by atoms with E-state index in [1.165, 1.54) is 0 Å². The van der Waals surface area contributed by atoms with Gasteiger partial charge in [0.1, 0.15) is 6.61 Å². The van der Waals surface area contributed by atoms with Crippen LogP contribution in [0.2, 0.25) is 0 Å². The minimum atomic E-state index is -5.25. The average Bonchev–Trinajstić information content (AvgIpc) is 1.61. The molecule has 0 aromatic rings. The van der Waals surface area contributed by atoms with Crippen molar-refractivity contribution in [3.63, 3.8) is 0 Å². The molecule has 7 nitrogen and oxygen atoms in total. The van der Waals surface area contributed by atoms with E-state index in [0.717, 1.165) is 0 Å². The van der Waals surface area contributed by atoms with E-state index in [0.29, 0.717) is 0 Å². The summed E-state index contributed by atoms with van der Waals surface area (Å²) in [6.45, 7) is -0.778. The first kappa shape index (κ1) is 12.2. The second kappa shape index (κ2) is 5.28. The maximum atomic E-state index is 9.12. The van der Waals surface area contributed by atoms with Gasteiger partial charge in [0.15, 0.2) is 0 Å². The van der Waals surface area contributed by atoms with Crippen LogP contribution in [0.5, 0.6) is 0 Å². The molecule has 0 fully saturated rings. The molecule has 0 amide bonds. The van der Waals surface area contributed by atoms with E-state index in [4.69, 9.17) is 30.9 Å². The standard InChI is InChI=1S/C2H4O3.Cr.2H2O.2O/c3-1-2(4)5;;;;;/h3H,1H2,(H,4,5);;2*1H2;;/q;+2;;;;/p-2. The molecule has 0 aromatic heterocycles. The number of carboxylic acids is 1. The van der Waals surface area contributed by atoms with Crippen molar-refractivity contribution in [3.8, 4) is 0 Å². The molecule has 0 aromatic carbocycles. The van der Waals surface area contributed by atoms with Crippen LogP contribution in [0.25, 0.3) is 0 Å². The predicted octanol–water partition coefficient (Wildman–Crippen LogP) is -2.29. The van der Waals surface area contributed by atoms with E-state index in [2.05, 4.69) is 0 Å². The van der Waals surface area contributed by atoms with Crippen molar-refractivity contribution in [1.29, 1.82) is 0 Å². The zero-order valence-electron chi connectivity index (χ0n) is 4.63. The van der Waals surface area contributed by atoms with Crippen LogP contribution in [0.1, 0.15) is 0 Å².